The minimum absolute atomic E-state index is 0.257. The zero-order valence-electron chi connectivity index (χ0n) is 14.5. The SMILES string of the molecule is O=C(O)[C@H]1CCCN(c2cc(-c3cnc4ccc(C(F)(F)F)nn34)ncn2)C1. The van der Waals surface area contributed by atoms with Gasteiger partial charge in [0.1, 0.15) is 17.8 Å². The van der Waals surface area contributed by atoms with E-state index >= 15 is 0 Å². The van der Waals surface area contributed by atoms with Crippen molar-refractivity contribution in [2.24, 2.45) is 5.92 Å². The van der Waals surface area contributed by atoms with Crippen molar-refractivity contribution in [1.82, 2.24) is 24.6 Å². The second-order valence-corrected chi connectivity index (χ2v) is 6.51. The van der Waals surface area contributed by atoms with Gasteiger partial charge in [-0.25, -0.2) is 19.5 Å². The second kappa shape index (κ2) is 6.73. The lowest BCUT2D eigenvalue weighted by atomic mass is 9.98. The van der Waals surface area contributed by atoms with Crippen molar-refractivity contribution in [1.29, 1.82) is 0 Å². The average molecular weight is 392 g/mol. The molecule has 4 heterocycles. The van der Waals surface area contributed by atoms with E-state index in [2.05, 4.69) is 20.1 Å². The van der Waals surface area contributed by atoms with Gasteiger partial charge in [-0.2, -0.15) is 18.3 Å². The van der Waals surface area contributed by atoms with E-state index in [1.165, 1.54) is 18.6 Å². The molecule has 11 heteroatoms. The number of anilines is 1. The van der Waals surface area contributed by atoms with E-state index in [1.54, 1.807) is 6.07 Å². The number of piperidine rings is 1. The Hall–Kier alpha value is -3.24. The smallest absolute Gasteiger partial charge is 0.435 e. The molecule has 0 aliphatic carbocycles. The summed E-state index contributed by atoms with van der Waals surface area (Å²) < 4.78 is 40.1. The fraction of sp³-hybridized carbons (Fsp3) is 0.353. The number of halogens is 3. The van der Waals surface area contributed by atoms with Gasteiger partial charge in [0.25, 0.3) is 0 Å². The fourth-order valence-corrected chi connectivity index (χ4v) is 3.25. The third-order valence-electron chi connectivity index (χ3n) is 4.66. The van der Waals surface area contributed by atoms with Crippen LogP contribution in [0.1, 0.15) is 18.5 Å². The van der Waals surface area contributed by atoms with Gasteiger partial charge in [-0.05, 0) is 25.0 Å². The van der Waals surface area contributed by atoms with E-state index in [0.717, 1.165) is 10.6 Å². The number of hydrogen-bond acceptors (Lipinski definition) is 6. The van der Waals surface area contributed by atoms with Crippen molar-refractivity contribution in [3.63, 3.8) is 0 Å². The number of imidazole rings is 1. The van der Waals surface area contributed by atoms with Crippen LogP contribution in [0, 0.1) is 5.92 Å². The maximum Gasteiger partial charge on any atom is 0.435 e. The third kappa shape index (κ3) is 3.35. The molecule has 0 bridgehead atoms. The molecular formula is C17H15F3N6O2. The highest BCUT2D eigenvalue weighted by molar-refractivity contribution is 5.71. The molecule has 8 nitrogen and oxygen atoms in total. The summed E-state index contributed by atoms with van der Waals surface area (Å²) in [6, 6.07) is 3.72. The molecule has 146 valence electrons. The Balaban J connectivity index is 1.71. The number of hydrogen-bond donors (Lipinski definition) is 1. The van der Waals surface area contributed by atoms with Gasteiger partial charge in [0.05, 0.1) is 17.8 Å². The van der Waals surface area contributed by atoms with Crippen molar-refractivity contribution >= 4 is 17.4 Å². The van der Waals surface area contributed by atoms with E-state index in [-0.39, 0.29) is 11.3 Å². The number of aromatic nitrogens is 5. The lowest BCUT2D eigenvalue weighted by molar-refractivity contribution is -0.142. The first kappa shape index (κ1) is 18.1. The predicted octanol–water partition coefficient (Wildman–Crippen LogP) is 2.51. The van der Waals surface area contributed by atoms with E-state index in [4.69, 9.17) is 0 Å². The number of carboxylic acids is 1. The molecule has 0 amide bonds. The standard InChI is InChI=1S/C17H15F3N6O2/c18-17(19,20)13-3-4-14-21-7-12(26(14)24-13)11-6-15(23-9-22-11)25-5-1-2-10(8-25)16(27)28/h3-4,6-7,9-10H,1-2,5,8H2,(H,27,28)/t10-/m0/s1. The predicted molar refractivity (Wildman–Crippen MR) is 91.6 cm³/mol. The van der Waals surface area contributed by atoms with Crippen LogP contribution in [0.2, 0.25) is 0 Å². The zero-order valence-corrected chi connectivity index (χ0v) is 14.5. The number of rotatable bonds is 3. The largest absolute Gasteiger partial charge is 0.481 e. The van der Waals surface area contributed by atoms with Gasteiger partial charge in [-0.1, -0.05) is 0 Å². The van der Waals surface area contributed by atoms with Gasteiger partial charge < -0.3 is 10.0 Å². The number of nitrogens with zero attached hydrogens (tertiary/aromatic N) is 6. The van der Waals surface area contributed by atoms with Crippen LogP contribution in [0.15, 0.2) is 30.7 Å². The average Bonchev–Trinajstić information content (AvgIpc) is 3.11. The summed E-state index contributed by atoms with van der Waals surface area (Å²) in [5, 5.41) is 12.9. The van der Waals surface area contributed by atoms with Gasteiger partial charge in [-0.15, -0.1) is 0 Å². The summed E-state index contributed by atoms with van der Waals surface area (Å²) in [5.74, 6) is -0.832. The van der Waals surface area contributed by atoms with Gasteiger partial charge >= 0.3 is 12.1 Å². The van der Waals surface area contributed by atoms with Crippen LogP contribution in [0.25, 0.3) is 17.0 Å². The van der Waals surface area contributed by atoms with Crippen LogP contribution in [-0.4, -0.2) is 48.7 Å². The van der Waals surface area contributed by atoms with Crippen LogP contribution in [0.4, 0.5) is 19.0 Å². The van der Waals surface area contributed by atoms with Crippen molar-refractivity contribution in [3.05, 3.63) is 36.4 Å². The second-order valence-electron chi connectivity index (χ2n) is 6.51. The Morgan fingerprint density at radius 1 is 1.21 bits per heavy atom. The van der Waals surface area contributed by atoms with Crippen LogP contribution >= 0.6 is 0 Å². The molecule has 1 fully saturated rings. The Morgan fingerprint density at radius 2 is 2.04 bits per heavy atom. The summed E-state index contributed by atoms with van der Waals surface area (Å²) in [7, 11) is 0. The maximum absolute atomic E-state index is 13.0. The van der Waals surface area contributed by atoms with Crippen LogP contribution in [-0.2, 0) is 11.0 Å². The summed E-state index contributed by atoms with van der Waals surface area (Å²) in [5.41, 5.74) is -0.140. The van der Waals surface area contributed by atoms with Crippen molar-refractivity contribution in [3.8, 4) is 11.4 Å². The fourth-order valence-electron chi connectivity index (χ4n) is 3.25. The summed E-state index contributed by atoms with van der Waals surface area (Å²) in [4.78, 5) is 25.5. The van der Waals surface area contributed by atoms with Crippen molar-refractivity contribution in [2.45, 2.75) is 19.0 Å². The number of aliphatic carboxylic acids is 1. The molecule has 4 rings (SSSR count). The molecule has 0 aromatic carbocycles. The molecule has 28 heavy (non-hydrogen) atoms. The molecule has 0 saturated carbocycles. The molecule has 0 unspecified atom stereocenters. The molecule has 3 aromatic rings. The van der Waals surface area contributed by atoms with E-state index in [0.29, 0.717) is 37.4 Å². The van der Waals surface area contributed by atoms with Crippen LogP contribution in [0.3, 0.4) is 0 Å². The molecule has 0 spiro atoms. The molecule has 1 aliphatic rings. The normalized spacial score (nSPS) is 17.8. The summed E-state index contributed by atoms with van der Waals surface area (Å²) in [6.07, 6.45) is -0.581. The minimum atomic E-state index is -4.58. The number of alkyl halides is 3. The van der Waals surface area contributed by atoms with E-state index in [1.807, 2.05) is 4.90 Å². The quantitative estimate of drug-likeness (QED) is 0.732. The first-order chi connectivity index (χ1) is 13.3. The van der Waals surface area contributed by atoms with E-state index < -0.39 is 23.8 Å². The monoisotopic (exact) mass is 392 g/mol. The molecular weight excluding hydrogens is 377 g/mol. The highest BCUT2D eigenvalue weighted by Gasteiger charge is 2.33. The maximum atomic E-state index is 13.0. The Kier molecular flexibility index (Phi) is 4.36. The third-order valence-corrected chi connectivity index (χ3v) is 4.66. The first-order valence-corrected chi connectivity index (χ1v) is 8.55. The molecule has 1 atom stereocenters. The minimum Gasteiger partial charge on any atom is -0.481 e. The molecule has 3 aromatic heterocycles. The molecule has 1 N–H and O–H groups in total. The molecule has 0 radical (unpaired) electrons. The van der Waals surface area contributed by atoms with Crippen molar-refractivity contribution < 1.29 is 23.1 Å². The lowest BCUT2D eigenvalue weighted by Gasteiger charge is -2.31. The summed E-state index contributed by atoms with van der Waals surface area (Å²) >= 11 is 0. The zero-order chi connectivity index (χ0) is 19.9. The van der Waals surface area contributed by atoms with Gasteiger partial charge in [0.15, 0.2) is 11.3 Å². The Bertz CT molecular complexity index is 1040. The van der Waals surface area contributed by atoms with Gasteiger partial charge in [0.2, 0.25) is 0 Å². The number of carbonyl (C=O) groups is 1. The molecule has 1 saturated heterocycles. The topological polar surface area (TPSA) is 96.5 Å². The lowest BCUT2D eigenvalue weighted by Crippen LogP contribution is -2.39. The van der Waals surface area contributed by atoms with Crippen LogP contribution in [0.5, 0.6) is 0 Å². The van der Waals surface area contributed by atoms with Gasteiger partial charge in [-0.3, -0.25) is 4.79 Å². The van der Waals surface area contributed by atoms with E-state index in [9.17, 15) is 23.1 Å². The highest BCUT2D eigenvalue weighted by atomic mass is 19.4. The highest BCUT2D eigenvalue weighted by Crippen LogP contribution is 2.29. The number of carboxylic acid groups (broad SMARTS) is 1. The summed E-state index contributed by atoms with van der Waals surface area (Å²) in [6.45, 7) is 0.958. The first-order valence-electron chi connectivity index (χ1n) is 8.55. The van der Waals surface area contributed by atoms with Crippen molar-refractivity contribution in [2.75, 3.05) is 18.0 Å². The van der Waals surface area contributed by atoms with Crippen LogP contribution < -0.4 is 4.90 Å². The van der Waals surface area contributed by atoms with Gasteiger partial charge in [0, 0.05) is 19.2 Å². The Morgan fingerprint density at radius 3 is 2.79 bits per heavy atom. The Labute approximate surface area is 156 Å². The number of fused-ring (bicyclic) bond motifs is 1. The molecule has 1 aliphatic heterocycles.